The minimum Gasteiger partial charge on any atom is -0.241 e. The zero-order valence-electron chi connectivity index (χ0n) is 10.1. The van der Waals surface area contributed by atoms with Crippen LogP contribution in [0, 0.1) is 6.92 Å². The highest BCUT2D eigenvalue weighted by molar-refractivity contribution is 5.60. The minimum atomic E-state index is 0.781. The van der Waals surface area contributed by atoms with E-state index in [9.17, 15) is 0 Å². The topological polar surface area (TPSA) is 25.8 Å². The van der Waals surface area contributed by atoms with Gasteiger partial charge in [0.05, 0.1) is 5.69 Å². The second kappa shape index (κ2) is 7.92. The van der Waals surface area contributed by atoms with Gasteiger partial charge in [0.2, 0.25) is 0 Å². The third-order valence-corrected chi connectivity index (χ3v) is 1.69. The Balaban J connectivity index is 0.000000921. The lowest BCUT2D eigenvalue weighted by atomic mass is 10.2. The SMILES string of the molecule is C=Cc1nc(C)ncc1/C=C\CC.CC. The molecule has 0 saturated carbocycles. The quantitative estimate of drug-likeness (QED) is 0.746. The van der Waals surface area contributed by atoms with E-state index in [0.29, 0.717) is 0 Å². The maximum Gasteiger partial charge on any atom is 0.125 e. The molecule has 0 aliphatic carbocycles. The summed E-state index contributed by atoms with van der Waals surface area (Å²) in [6, 6.07) is 0. The second-order valence-electron chi connectivity index (χ2n) is 2.77. The van der Waals surface area contributed by atoms with Crippen LogP contribution in [-0.4, -0.2) is 9.97 Å². The van der Waals surface area contributed by atoms with E-state index < -0.39 is 0 Å². The molecule has 0 aliphatic heterocycles. The normalized spacial score (nSPS) is 9.60. The van der Waals surface area contributed by atoms with Crippen molar-refractivity contribution in [1.82, 2.24) is 9.97 Å². The summed E-state index contributed by atoms with van der Waals surface area (Å²) < 4.78 is 0. The van der Waals surface area contributed by atoms with E-state index in [-0.39, 0.29) is 0 Å². The van der Waals surface area contributed by atoms with E-state index in [4.69, 9.17) is 0 Å². The Morgan fingerprint density at radius 1 is 1.40 bits per heavy atom. The lowest BCUT2D eigenvalue weighted by Crippen LogP contribution is -1.92. The Morgan fingerprint density at radius 3 is 2.60 bits per heavy atom. The highest BCUT2D eigenvalue weighted by Crippen LogP contribution is 2.08. The second-order valence-corrected chi connectivity index (χ2v) is 2.77. The van der Waals surface area contributed by atoms with Gasteiger partial charge in [0.15, 0.2) is 0 Å². The molecule has 0 fully saturated rings. The molecule has 0 aliphatic rings. The highest BCUT2D eigenvalue weighted by atomic mass is 14.9. The van der Waals surface area contributed by atoms with Gasteiger partial charge >= 0.3 is 0 Å². The fourth-order valence-corrected chi connectivity index (χ4v) is 1.03. The van der Waals surface area contributed by atoms with Gasteiger partial charge in [-0.1, -0.05) is 39.5 Å². The monoisotopic (exact) mass is 204 g/mol. The fraction of sp³-hybridized carbons (Fsp3) is 0.385. The average Bonchev–Trinajstić information content (AvgIpc) is 2.30. The number of rotatable bonds is 3. The molecule has 15 heavy (non-hydrogen) atoms. The van der Waals surface area contributed by atoms with Gasteiger partial charge in [-0.2, -0.15) is 0 Å². The molecule has 1 aromatic rings. The number of hydrogen-bond donors (Lipinski definition) is 0. The zero-order chi connectivity index (χ0) is 11.7. The molecule has 1 aromatic heterocycles. The van der Waals surface area contributed by atoms with Crippen molar-refractivity contribution in [1.29, 1.82) is 0 Å². The van der Waals surface area contributed by atoms with Crippen molar-refractivity contribution < 1.29 is 0 Å². The number of hydrogen-bond acceptors (Lipinski definition) is 2. The van der Waals surface area contributed by atoms with Crippen LogP contribution in [0.15, 0.2) is 18.9 Å². The molecule has 0 aromatic carbocycles. The maximum absolute atomic E-state index is 4.26. The molecule has 1 rings (SSSR count). The molecule has 2 nitrogen and oxygen atoms in total. The summed E-state index contributed by atoms with van der Waals surface area (Å²) in [6.07, 6.45) is 8.71. The van der Waals surface area contributed by atoms with Crippen LogP contribution in [0.3, 0.4) is 0 Å². The smallest absolute Gasteiger partial charge is 0.125 e. The third-order valence-electron chi connectivity index (χ3n) is 1.69. The van der Waals surface area contributed by atoms with E-state index >= 15 is 0 Å². The summed E-state index contributed by atoms with van der Waals surface area (Å²) in [7, 11) is 0. The predicted molar refractivity (Wildman–Crippen MR) is 67.5 cm³/mol. The molecule has 0 spiro atoms. The summed E-state index contributed by atoms with van der Waals surface area (Å²) in [4.78, 5) is 8.39. The van der Waals surface area contributed by atoms with Crippen molar-refractivity contribution in [2.45, 2.75) is 34.1 Å². The first-order chi connectivity index (χ1) is 7.27. The molecule has 0 bridgehead atoms. The highest BCUT2D eigenvalue weighted by Gasteiger charge is 1.97. The fourth-order valence-electron chi connectivity index (χ4n) is 1.03. The summed E-state index contributed by atoms with van der Waals surface area (Å²) in [5, 5.41) is 0. The third kappa shape index (κ3) is 4.54. The van der Waals surface area contributed by atoms with E-state index in [2.05, 4.69) is 29.5 Å². The van der Waals surface area contributed by atoms with Gasteiger partial charge in [-0.3, -0.25) is 0 Å². The van der Waals surface area contributed by atoms with Gasteiger partial charge < -0.3 is 0 Å². The Hall–Kier alpha value is -1.44. The Kier molecular flexibility index (Phi) is 7.16. The summed E-state index contributed by atoms with van der Waals surface area (Å²) in [5.41, 5.74) is 1.93. The lowest BCUT2D eigenvalue weighted by Gasteiger charge is -1.99. The van der Waals surface area contributed by atoms with Crippen LogP contribution in [0.2, 0.25) is 0 Å². The van der Waals surface area contributed by atoms with E-state index in [1.165, 1.54) is 0 Å². The van der Waals surface area contributed by atoms with Crippen molar-refractivity contribution in [2.75, 3.05) is 0 Å². The Bertz CT molecular complexity index is 327. The minimum absolute atomic E-state index is 0.781. The van der Waals surface area contributed by atoms with Crippen molar-refractivity contribution in [3.05, 3.63) is 35.9 Å². The predicted octanol–water partition coefficient (Wildman–Crippen LogP) is 3.88. The Morgan fingerprint density at radius 2 is 2.07 bits per heavy atom. The van der Waals surface area contributed by atoms with Crippen LogP contribution in [-0.2, 0) is 0 Å². The van der Waals surface area contributed by atoms with Crippen LogP contribution >= 0.6 is 0 Å². The van der Waals surface area contributed by atoms with Crippen molar-refractivity contribution in [3.63, 3.8) is 0 Å². The van der Waals surface area contributed by atoms with Crippen LogP contribution < -0.4 is 0 Å². The molecular formula is C13H20N2. The van der Waals surface area contributed by atoms with Crippen LogP contribution in [0.5, 0.6) is 0 Å². The lowest BCUT2D eigenvalue weighted by molar-refractivity contribution is 1.04. The standard InChI is InChI=1S/C11H14N2.C2H6/c1-4-6-7-10-8-12-9(3)13-11(10)5-2;1-2/h5-8H,2,4H2,1,3H3;1-2H3/b7-6-;. The first kappa shape index (κ1) is 13.6. The van der Waals surface area contributed by atoms with Crippen molar-refractivity contribution in [3.8, 4) is 0 Å². The Labute approximate surface area is 92.8 Å². The summed E-state index contributed by atoms with van der Waals surface area (Å²) >= 11 is 0. The maximum atomic E-state index is 4.26. The molecular weight excluding hydrogens is 184 g/mol. The molecule has 2 heteroatoms. The van der Waals surface area contributed by atoms with Crippen molar-refractivity contribution in [2.24, 2.45) is 0 Å². The molecule has 0 radical (unpaired) electrons. The molecule has 0 amide bonds. The number of allylic oxidation sites excluding steroid dienone is 1. The molecule has 82 valence electrons. The molecule has 1 heterocycles. The van der Waals surface area contributed by atoms with Gasteiger partial charge in [0, 0.05) is 11.8 Å². The molecule has 0 atom stereocenters. The van der Waals surface area contributed by atoms with Gasteiger partial charge in [0.25, 0.3) is 0 Å². The summed E-state index contributed by atoms with van der Waals surface area (Å²) in [6.45, 7) is 11.7. The largest absolute Gasteiger partial charge is 0.241 e. The van der Waals surface area contributed by atoms with Gasteiger partial charge in [-0.25, -0.2) is 9.97 Å². The zero-order valence-corrected chi connectivity index (χ0v) is 10.1. The van der Waals surface area contributed by atoms with Crippen molar-refractivity contribution >= 4 is 12.2 Å². The van der Waals surface area contributed by atoms with E-state index in [0.717, 1.165) is 23.5 Å². The first-order valence-corrected chi connectivity index (χ1v) is 5.40. The van der Waals surface area contributed by atoms with E-state index in [1.54, 1.807) is 6.08 Å². The summed E-state index contributed by atoms with van der Waals surface area (Å²) in [5.74, 6) is 0.781. The van der Waals surface area contributed by atoms with Crippen LogP contribution in [0.4, 0.5) is 0 Å². The molecule has 0 unspecified atom stereocenters. The van der Waals surface area contributed by atoms with E-state index in [1.807, 2.05) is 33.0 Å². The molecule has 0 saturated heterocycles. The van der Waals surface area contributed by atoms with Gasteiger partial charge in [-0.15, -0.1) is 0 Å². The number of nitrogens with zero attached hydrogens (tertiary/aromatic N) is 2. The molecule has 0 N–H and O–H groups in total. The van der Waals surface area contributed by atoms with Gasteiger partial charge in [0.1, 0.15) is 5.82 Å². The van der Waals surface area contributed by atoms with Crippen LogP contribution in [0.25, 0.3) is 12.2 Å². The number of aromatic nitrogens is 2. The first-order valence-electron chi connectivity index (χ1n) is 5.40. The van der Waals surface area contributed by atoms with Crippen LogP contribution in [0.1, 0.15) is 44.3 Å². The average molecular weight is 204 g/mol. The number of aryl methyl sites for hydroxylation is 1. The van der Waals surface area contributed by atoms with Gasteiger partial charge in [-0.05, 0) is 19.4 Å².